The van der Waals surface area contributed by atoms with Gasteiger partial charge in [0, 0.05) is 11.6 Å². The van der Waals surface area contributed by atoms with E-state index in [1.54, 1.807) is 11.0 Å². The van der Waals surface area contributed by atoms with Crippen molar-refractivity contribution in [2.75, 3.05) is 0 Å². The minimum atomic E-state index is -0.234. The zero-order valence-corrected chi connectivity index (χ0v) is 15.8. The first kappa shape index (κ1) is 17.4. The van der Waals surface area contributed by atoms with Crippen molar-refractivity contribution in [1.29, 1.82) is 0 Å². The molecule has 0 aliphatic heterocycles. The normalized spacial score (nSPS) is 11.1. The quantitative estimate of drug-likeness (QED) is 0.628. The fourth-order valence-corrected chi connectivity index (χ4v) is 2.72. The molecule has 0 N–H and O–H groups in total. The smallest absolute Gasteiger partial charge is 0.291 e. The summed E-state index contributed by atoms with van der Waals surface area (Å²) in [4.78, 5) is 18.7. The highest BCUT2D eigenvalue weighted by atomic mass is 79.9. The van der Waals surface area contributed by atoms with E-state index >= 15 is 0 Å². The van der Waals surface area contributed by atoms with Crippen LogP contribution in [0.15, 0.2) is 50.0 Å². The number of hydrogen-bond donors (Lipinski definition) is 0. The average Bonchev–Trinajstić information content (AvgIpc) is 3.21. The fraction of sp³-hybridized carbons (Fsp3) is 0.278. The van der Waals surface area contributed by atoms with E-state index in [1.165, 1.54) is 6.26 Å². The van der Waals surface area contributed by atoms with E-state index < -0.39 is 0 Å². The molecule has 0 radical (unpaired) electrons. The number of furan rings is 1. The molecule has 3 aromatic rings. The third-order valence-electron chi connectivity index (χ3n) is 3.78. The molecule has 2 aromatic heterocycles. The Bertz CT molecular complexity index is 868. The van der Waals surface area contributed by atoms with E-state index in [2.05, 4.69) is 26.1 Å². The monoisotopic (exact) mass is 403 g/mol. The summed E-state index contributed by atoms with van der Waals surface area (Å²) >= 11 is 3.32. The number of amides is 1. The molecule has 7 heteroatoms. The Hall–Kier alpha value is -2.41. The van der Waals surface area contributed by atoms with Crippen molar-refractivity contribution in [2.24, 2.45) is 0 Å². The van der Waals surface area contributed by atoms with Crippen LogP contribution in [0.25, 0.3) is 11.4 Å². The van der Waals surface area contributed by atoms with E-state index in [9.17, 15) is 4.79 Å². The summed E-state index contributed by atoms with van der Waals surface area (Å²) in [7, 11) is 0. The molecular weight excluding hydrogens is 386 g/mol. The van der Waals surface area contributed by atoms with Crippen LogP contribution in [-0.4, -0.2) is 27.0 Å². The molecule has 0 aliphatic rings. The predicted octanol–water partition coefficient (Wildman–Crippen LogP) is 4.45. The van der Waals surface area contributed by atoms with Crippen LogP contribution in [-0.2, 0) is 6.54 Å². The maximum absolute atomic E-state index is 12.7. The van der Waals surface area contributed by atoms with Crippen LogP contribution in [0.1, 0.15) is 35.9 Å². The van der Waals surface area contributed by atoms with Crippen LogP contribution in [0, 0.1) is 6.92 Å². The number of benzene rings is 1. The molecule has 0 saturated heterocycles. The highest BCUT2D eigenvalue weighted by Gasteiger charge is 2.25. The third kappa shape index (κ3) is 3.82. The van der Waals surface area contributed by atoms with Gasteiger partial charge in [-0.3, -0.25) is 4.79 Å². The Morgan fingerprint density at radius 1 is 1.24 bits per heavy atom. The van der Waals surface area contributed by atoms with Gasteiger partial charge in [-0.05, 0) is 42.8 Å². The highest BCUT2D eigenvalue weighted by Crippen LogP contribution is 2.22. The van der Waals surface area contributed by atoms with Crippen LogP contribution < -0.4 is 0 Å². The molecular formula is C18H18BrN3O3. The minimum absolute atomic E-state index is 0.0563. The first-order valence-electron chi connectivity index (χ1n) is 7.89. The Morgan fingerprint density at radius 3 is 2.56 bits per heavy atom. The number of carbonyl (C=O) groups is 1. The van der Waals surface area contributed by atoms with E-state index in [0.29, 0.717) is 16.2 Å². The minimum Gasteiger partial charge on any atom is -0.458 e. The van der Waals surface area contributed by atoms with Crippen LogP contribution in [0.5, 0.6) is 0 Å². The lowest BCUT2D eigenvalue weighted by atomic mass is 10.1. The summed E-state index contributed by atoms with van der Waals surface area (Å²) in [5.41, 5.74) is 2.03. The molecule has 0 bridgehead atoms. The molecule has 1 aromatic carbocycles. The SMILES string of the molecule is Cc1ccc(-c2noc(CN(C(=O)c3occc3Br)C(C)C)n2)cc1. The molecule has 0 fully saturated rings. The van der Waals surface area contributed by atoms with Gasteiger partial charge in [0.2, 0.25) is 17.5 Å². The van der Waals surface area contributed by atoms with Crippen LogP contribution in [0.4, 0.5) is 0 Å². The van der Waals surface area contributed by atoms with Crippen molar-refractivity contribution in [2.45, 2.75) is 33.4 Å². The number of nitrogens with zero attached hydrogens (tertiary/aromatic N) is 3. The standard InChI is InChI=1S/C18H18BrN3O3/c1-11(2)22(18(23)16-14(19)8-9-24-16)10-15-20-17(21-25-15)13-6-4-12(3)5-7-13/h4-9,11H,10H2,1-3H3. The molecule has 1 amide bonds. The Kier molecular flexibility index (Phi) is 5.03. The van der Waals surface area contributed by atoms with Crippen molar-refractivity contribution in [1.82, 2.24) is 15.0 Å². The molecule has 130 valence electrons. The number of hydrogen-bond acceptors (Lipinski definition) is 5. The van der Waals surface area contributed by atoms with Crippen LogP contribution >= 0.6 is 15.9 Å². The van der Waals surface area contributed by atoms with Crippen LogP contribution in [0.3, 0.4) is 0 Å². The van der Waals surface area contributed by atoms with Crippen molar-refractivity contribution < 1.29 is 13.7 Å². The predicted molar refractivity (Wildman–Crippen MR) is 95.9 cm³/mol. The number of halogens is 1. The van der Waals surface area contributed by atoms with Crippen molar-refractivity contribution >= 4 is 21.8 Å². The number of carbonyl (C=O) groups excluding carboxylic acids is 1. The van der Waals surface area contributed by atoms with Gasteiger partial charge in [-0.15, -0.1) is 0 Å². The second kappa shape index (κ2) is 7.23. The van der Waals surface area contributed by atoms with Gasteiger partial charge in [0.15, 0.2) is 0 Å². The van der Waals surface area contributed by atoms with Crippen LogP contribution in [0.2, 0.25) is 0 Å². The second-order valence-electron chi connectivity index (χ2n) is 6.00. The summed E-state index contributed by atoms with van der Waals surface area (Å²) in [6.45, 7) is 6.07. The number of aryl methyl sites for hydroxylation is 1. The molecule has 2 heterocycles. The molecule has 6 nitrogen and oxygen atoms in total. The topological polar surface area (TPSA) is 72.4 Å². The molecule has 25 heavy (non-hydrogen) atoms. The lowest BCUT2D eigenvalue weighted by molar-refractivity contribution is 0.0633. The maximum Gasteiger partial charge on any atom is 0.291 e. The zero-order valence-electron chi connectivity index (χ0n) is 14.2. The Balaban J connectivity index is 1.80. The number of aromatic nitrogens is 2. The van der Waals surface area contributed by atoms with Gasteiger partial charge in [0.05, 0.1) is 10.7 Å². The molecule has 3 rings (SSSR count). The first-order valence-corrected chi connectivity index (χ1v) is 8.68. The van der Waals surface area contributed by atoms with Gasteiger partial charge in [-0.25, -0.2) is 0 Å². The summed E-state index contributed by atoms with van der Waals surface area (Å²) in [5, 5.41) is 4.01. The Labute approximate surface area is 154 Å². The maximum atomic E-state index is 12.7. The molecule has 0 aliphatic carbocycles. The zero-order chi connectivity index (χ0) is 18.0. The van der Waals surface area contributed by atoms with Crippen molar-refractivity contribution in [3.63, 3.8) is 0 Å². The molecule has 0 saturated carbocycles. The number of rotatable bonds is 5. The summed E-state index contributed by atoms with van der Waals surface area (Å²) < 4.78 is 11.2. The van der Waals surface area contributed by atoms with Crippen molar-refractivity contribution in [3.05, 3.63) is 58.3 Å². The summed E-state index contributed by atoms with van der Waals surface area (Å²) in [6, 6.07) is 9.49. The summed E-state index contributed by atoms with van der Waals surface area (Å²) in [5.74, 6) is 0.902. The third-order valence-corrected chi connectivity index (χ3v) is 4.40. The second-order valence-corrected chi connectivity index (χ2v) is 6.86. The first-order chi connectivity index (χ1) is 12.0. The summed E-state index contributed by atoms with van der Waals surface area (Å²) in [6.07, 6.45) is 1.47. The Morgan fingerprint density at radius 2 is 1.96 bits per heavy atom. The van der Waals surface area contributed by atoms with Gasteiger partial charge < -0.3 is 13.8 Å². The van der Waals surface area contributed by atoms with Crippen molar-refractivity contribution in [3.8, 4) is 11.4 Å². The molecule has 0 unspecified atom stereocenters. The van der Waals surface area contributed by atoms with Gasteiger partial charge in [0.1, 0.15) is 6.54 Å². The van der Waals surface area contributed by atoms with E-state index in [0.717, 1.165) is 11.1 Å². The van der Waals surface area contributed by atoms with E-state index in [-0.39, 0.29) is 24.3 Å². The van der Waals surface area contributed by atoms with Gasteiger partial charge >= 0.3 is 0 Å². The van der Waals surface area contributed by atoms with Gasteiger partial charge in [-0.2, -0.15) is 4.98 Å². The van der Waals surface area contributed by atoms with E-state index in [4.69, 9.17) is 8.94 Å². The largest absolute Gasteiger partial charge is 0.458 e. The lowest BCUT2D eigenvalue weighted by Crippen LogP contribution is -2.36. The highest BCUT2D eigenvalue weighted by molar-refractivity contribution is 9.10. The van der Waals surface area contributed by atoms with E-state index in [1.807, 2.05) is 45.0 Å². The molecule has 0 spiro atoms. The average molecular weight is 404 g/mol. The lowest BCUT2D eigenvalue weighted by Gasteiger charge is -2.24. The molecule has 0 atom stereocenters. The fourth-order valence-electron chi connectivity index (χ4n) is 2.35. The van der Waals surface area contributed by atoms with Gasteiger partial charge in [-0.1, -0.05) is 35.0 Å². The van der Waals surface area contributed by atoms with Gasteiger partial charge in [0.25, 0.3) is 5.91 Å².